The van der Waals surface area contributed by atoms with Crippen LogP contribution in [0.5, 0.6) is 0 Å². The molecule has 0 bridgehead atoms. The lowest BCUT2D eigenvalue weighted by Gasteiger charge is -2.17. The van der Waals surface area contributed by atoms with Gasteiger partial charge in [-0.05, 0) is 32.1 Å². The molecular weight excluding hydrogens is 216 g/mol. The first-order valence-electron chi connectivity index (χ1n) is 6.35. The minimum absolute atomic E-state index is 0.184. The fourth-order valence-corrected chi connectivity index (χ4v) is 2.44. The van der Waals surface area contributed by atoms with Crippen LogP contribution in [0.1, 0.15) is 43.8 Å². The summed E-state index contributed by atoms with van der Waals surface area (Å²) in [6, 6.07) is 0.184. The van der Waals surface area contributed by atoms with Gasteiger partial charge < -0.3 is 9.30 Å². The van der Waals surface area contributed by atoms with Gasteiger partial charge in [-0.3, -0.25) is 11.3 Å². The minimum atomic E-state index is 0.184. The third kappa shape index (κ3) is 3.28. The Morgan fingerprint density at radius 2 is 2.59 bits per heavy atom. The zero-order chi connectivity index (χ0) is 12.1. The summed E-state index contributed by atoms with van der Waals surface area (Å²) < 4.78 is 7.62. The van der Waals surface area contributed by atoms with Crippen molar-refractivity contribution in [3.8, 4) is 0 Å². The predicted molar refractivity (Wildman–Crippen MR) is 66.1 cm³/mol. The third-order valence-electron chi connectivity index (χ3n) is 3.46. The molecule has 96 valence electrons. The van der Waals surface area contributed by atoms with Crippen LogP contribution in [0.4, 0.5) is 0 Å². The van der Waals surface area contributed by atoms with Crippen LogP contribution in [0.3, 0.4) is 0 Å². The fourth-order valence-electron chi connectivity index (χ4n) is 2.44. The molecule has 0 saturated carbocycles. The van der Waals surface area contributed by atoms with E-state index in [0.717, 1.165) is 31.6 Å². The van der Waals surface area contributed by atoms with Gasteiger partial charge in [0.25, 0.3) is 0 Å². The molecule has 5 heteroatoms. The molecule has 3 N–H and O–H groups in total. The Balaban J connectivity index is 1.77. The third-order valence-corrected chi connectivity index (χ3v) is 3.46. The van der Waals surface area contributed by atoms with Crippen molar-refractivity contribution in [3.05, 3.63) is 18.2 Å². The van der Waals surface area contributed by atoms with Gasteiger partial charge in [0.1, 0.15) is 0 Å². The average Bonchev–Trinajstić information content (AvgIpc) is 2.96. The Labute approximate surface area is 102 Å². The molecular formula is C12H22N4O. The van der Waals surface area contributed by atoms with E-state index in [1.165, 1.54) is 12.8 Å². The van der Waals surface area contributed by atoms with Crippen molar-refractivity contribution in [3.63, 3.8) is 0 Å². The first-order chi connectivity index (χ1) is 8.31. The van der Waals surface area contributed by atoms with E-state index < -0.39 is 0 Å². The zero-order valence-corrected chi connectivity index (χ0v) is 10.4. The molecule has 2 unspecified atom stereocenters. The maximum Gasteiger partial charge on any atom is 0.0946 e. The van der Waals surface area contributed by atoms with Crippen LogP contribution in [0, 0.1) is 0 Å². The quantitative estimate of drug-likeness (QED) is 0.578. The second-order valence-electron chi connectivity index (χ2n) is 4.71. The average molecular weight is 238 g/mol. The number of hydrazine groups is 1. The fraction of sp³-hybridized carbons (Fsp3) is 0.750. The van der Waals surface area contributed by atoms with Crippen LogP contribution in [0.25, 0.3) is 0 Å². The van der Waals surface area contributed by atoms with Crippen LogP contribution in [-0.2, 0) is 11.8 Å². The van der Waals surface area contributed by atoms with Crippen molar-refractivity contribution in [2.75, 3.05) is 6.61 Å². The highest BCUT2D eigenvalue weighted by Gasteiger charge is 2.17. The van der Waals surface area contributed by atoms with Gasteiger partial charge >= 0.3 is 0 Å². The molecule has 1 aromatic heterocycles. The number of hydrogen-bond donors (Lipinski definition) is 2. The molecule has 1 fully saturated rings. The molecule has 1 aliphatic heterocycles. The van der Waals surface area contributed by atoms with E-state index >= 15 is 0 Å². The Morgan fingerprint density at radius 1 is 1.71 bits per heavy atom. The van der Waals surface area contributed by atoms with Gasteiger partial charge in [-0.1, -0.05) is 0 Å². The number of aromatic nitrogens is 2. The standard InChI is InChI=1S/C12H22N4O/c1-16-9-14-8-12(16)11(15-13)6-2-4-10-5-3-7-17-10/h8-11,15H,2-7,13H2,1H3. The molecule has 1 aromatic rings. The lowest BCUT2D eigenvalue weighted by atomic mass is 10.0. The van der Waals surface area contributed by atoms with E-state index in [0.29, 0.717) is 6.10 Å². The Hall–Kier alpha value is -0.910. The summed E-state index contributed by atoms with van der Waals surface area (Å²) in [5, 5.41) is 0. The van der Waals surface area contributed by atoms with Crippen LogP contribution in [0.2, 0.25) is 0 Å². The lowest BCUT2D eigenvalue weighted by Crippen LogP contribution is -2.29. The number of nitrogens with zero attached hydrogens (tertiary/aromatic N) is 2. The molecule has 0 amide bonds. The maximum atomic E-state index is 5.61. The van der Waals surface area contributed by atoms with Crippen LogP contribution >= 0.6 is 0 Å². The van der Waals surface area contributed by atoms with Gasteiger partial charge in [-0.25, -0.2) is 4.98 Å². The molecule has 1 aliphatic rings. The first-order valence-corrected chi connectivity index (χ1v) is 6.35. The highest BCUT2D eigenvalue weighted by atomic mass is 16.5. The van der Waals surface area contributed by atoms with E-state index in [9.17, 15) is 0 Å². The zero-order valence-electron chi connectivity index (χ0n) is 10.4. The van der Waals surface area contributed by atoms with Gasteiger partial charge in [0.2, 0.25) is 0 Å². The second kappa shape index (κ2) is 6.14. The number of hydrogen-bond acceptors (Lipinski definition) is 4. The largest absolute Gasteiger partial charge is 0.378 e. The van der Waals surface area contributed by atoms with E-state index in [2.05, 4.69) is 10.4 Å². The Morgan fingerprint density at radius 3 is 3.18 bits per heavy atom. The summed E-state index contributed by atoms with van der Waals surface area (Å²) >= 11 is 0. The van der Waals surface area contributed by atoms with Crippen molar-refractivity contribution in [2.24, 2.45) is 12.9 Å². The van der Waals surface area contributed by atoms with E-state index in [1.54, 1.807) is 6.33 Å². The summed E-state index contributed by atoms with van der Waals surface area (Å²) in [6.45, 7) is 0.935. The van der Waals surface area contributed by atoms with E-state index in [4.69, 9.17) is 10.6 Å². The number of aryl methyl sites for hydroxylation is 1. The van der Waals surface area contributed by atoms with Crippen molar-refractivity contribution >= 4 is 0 Å². The van der Waals surface area contributed by atoms with E-state index in [-0.39, 0.29) is 6.04 Å². The highest BCUT2D eigenvalue weighted by Crippen LogP contribution is 2.22. The first kappa shape index (κ1) is 12.5. The van der Waals surface area contributed by atoms with Gasteiger partial charge in [-0.15, -0.1) is 0 Å². The van der Waals surface area contributed by atoms with Crippen LogP contribution < -0.4 is 11.3 Å². The molecule has 2 atom stereocenters. The molecule has 17 heavy (non-hydrogen) atoms. The van der Waals surface area contributed by atoms with Gasteiger partial charge in [0.05, 0.1) is 24.2 Å². The smallest absolute Gasteiger partial charge is 0.0946 e. The molecule has 0 radical (unpaired) electrons. The molecule has 1 saturated heterocycles. The van der Waals surface area contributed by atoms with Gasteiger partial charge in [0, 0.05) is 19.9 Å². The number of rotatable bonds is 6. The summed E-state index contributed by atoms with van der Waals surface area (Å²) in [7, 11) is 1.99. The number of imidazole rings is 1. The van der Waals surface area contributed by atoms with E-state index in [1.807, 2.05) is 17.8 Å². The van der Waals surface area contributed by atoms with Gasteiger partial charge in [0.15, 0.2) is 0 Å². The Bertz CT molecular complexity index is 333. The van der Waals surface area contributed by atoms with Crippen molar-refractivity contribution in [2.45, 2.75) is 44.2 Å². The molecule has 0 aliphatic carbocycles. The summed E-state index contributed by atoms with van der Waals surface area (Å²) in [6.07, 6.45) is 9.87. The predicted octanol–water partition coefficient (Wildman–Crippen LogP) is 1.27. The SMILES string of the molecule is Cn1cncc1C(CCCC1CCCO1)NN. The maximum absolute atomic E-state index is 5.61. The van der Waals surface area contributed by atoms with Crippen molar-refractivity contribution in [1.29, 1.82) is 0 Å². The lowest BCUT2D eigenvalue weighted by molar-refractivity contribution is 0.101. The molecule has 2 rings (SSSR count). The number of nitrogens with one attached hydrogen (secondary N) is 1. The monoisotopic (exact) mass is 238 g/mol. The molecule has 0 spiro atoms. The van der Waals surface area contributed by atoms with Crippen molar-refractivity contribution in [1.82, 2.24) is 15.0 Å². The molecule has 2 heterocycles. The summed E-state index contributed by atoms with van der Waals surface area (Å²) in [5.74, 6) is 5.60. The number of nitrogens with two attached hydrogens (primary N) is 1. The minimum Gasteiger partial charge on any atom is -0.378 e. The Kier molecular flexibility index (Phi) is 4.53. The second-order valence-corrected chi connectivity index (χ2v) is 4.71. The highest BCUT2D eigenvalue weighted by molar-refractivity contribution is 5.04. The topological polar surface area (TPSA) is 65.1 Å². The number of ether oxygens (including phenoxy) is 1. The summed E-state index contributed by atoms with van der Waals surface area (Å²) in [5.41, 5.74) is 4.01. The molecule has 5 nitrogen and oxygen atoms in total. The molecule has 0 aromatic carbocycles. The van der Waals surface area contributed by atoms with Crippen molar-refractivity contribution < 1.29 is 4.74 Å². The van der Waals surface area contributed by atoms with Crippen LogP contribution in [-0.4, -0.2) is 22.3 Å². The van der Waals surface area contributed by atoms with Gasteiger partial charge in [-0.2, -0.15) is 0 Å². The van der Waals surface area contributed by atoms with Crippen LogP contribution in [0.15, 0.2) is 12.5 Å². The normalized spacial score (nSPS) is 21.9. The summed E-state index contributed by atoms with van der Waals surface area (Å²) in [4.78, 5) is 4.12.